The van der Waals surface area contributed by atoms with Crippen LogP contribution in [0.3, 0.4) is 0 Å². The van der Waals surface area contributed by atoms with Gasteiger partial charge in [-0.25, -0.2) is 15.0 Å². The van der Waals surface area contributed by atoms with Crippen molar-refractivity contribution < 1.29 is 9.84 Å². The number of benzene rings is 1. The van der Waals surface area contributed by atoms with E-state index in [0.717, 1.165) is 17.8 Å². The fraction of sp³-hybridized carbons (Fsp3) is 0.263. The number of rotatable bonds is 4. The summed E-state index contributed by atoms with van der Waals surface area (Å²) in [6.07, 6.45) is 5.28. The van der Waals surface area contributed by atoms with E-state index < -0.39 is 0 Å². The summed E-state index contributed by atoms with van der Waals surface area (Å²) >= 11 is 0. The predicted octanol–water partition coefficient (Wildman–Crippen LogP) is 1.50. The van der Waals surface area contributed by atoms with E-state index in [1.807, 2.05) is 12.1 Å². The Labute approximate surface area is 155 Å². The molecule has 1 aliphatic rings. The molecule has 1 aromatic carbocycles. The Balaban J connectivity index is 1.59. The Morgan fingerprint density at radius 1 is 1.30 bits per heavy atom. The van der Waals surface area contributed by atoms with Crippen molar-refractivity contribution in [1.82, 2.24) is 24.8 Å². The van der Waals surface area contributed by atoms with Crippen LogP contribution in [0.5, 0.6) is 11.5 Å². The number of aromatic nitrogens is 4. The van der Waals surface area contributed by atoms with Crippen LogP contribution in [0.25, 0.3) is 11.4 Å². The van der Waals surface area contributed by atoms with Gasteiger partial charge < -0.3 is 14.8 Å². The SMILES string of the molecule is COc1ccc(CN2CCc3c(nc(-c4cncnc4)[nH]c3=O)C2)c(O)c1. The first-order chi connectivity index (χ1) is 13.1. The van der Waals surface area contributed by atoms with E-state index in [9.17, 15) is 9.90 Å². The number of phenolic OH excluding ortho intramolecular Hbond substituents is 1. The first-order valence-corrected chi connectivity index (χ1v) is 8.59. The molecule has 8 heteroatoms. The fourth-order valence-electron chi connectivity index (χ4n) is 3.23. The average molecular weight is 365 g/mol. The highest BCUT2D eigenvalue weighted by atomic mass is 16.5. The molecule has 2 aromatic heterocycles. The number of fused-ring (bicyclic) bond motifs is 1. The molecule has 0 saturated carbocycles. The number of nitrogens with zero attached hydrogens (tertiary/aromatic N) is 4. The van der Waals surface area contributed by atoms with Crippen molar-refractivity contribution in [2.75, 3.05) is 13.7 Å². The summed E-state index contributed by atoms with van der Waals surface area (Å²) in [7, 11) is 1.56. The van der Waals surface area contributed by atoms with E-state index in [-0.39, 0.29) is 11.3 Å². The van der Waals surface area contributed by atoms with Crippen LogP contribution in [-0.4, -0.2) is 43.6 Å². The lowest BCUT2D eigenvalue weighted by Gasteiger charge is -2.28. The third kappa shape index (κ3) is 3.52. The Bertz CT molecular complexity index is 1020. The van der Waals surface area contributed by atoms with E-state index in [0.29, 0.717) is 42.2 Å². The van der Waals surface area contributed by atoms with Crippen molar-refractivity contribution in [2.24, 2.45) is 0 Å². The number of aromatic hydroxyl groups is 1. The summed E-state index contributed by atoms with van der Waals surface area (Å²) in [5.74, 6) is 1.28. The molecule has 3 heterocycles. The van der Waals surface area contributed by atoms with Crippen LogP contribution in [0.15, 0.2) is 41.7 Å². The third-order valence-electron chi connectivity index (χ3n) is 4.67. The second-order valence-electron chi connectivity index (χ2n) is 6.42. The van der Waals surface area contributed by atoms with Gasteiger partial charge in [0.1, 0.15) is 23.7 Å². The number of hydrogen-bond acceptors (Lipinski definition) is 7. The summed E-state index contributed by atoms with van der Waals surface area (Å²) in [4.78, 5) is 30.0. The molecule has 0 atom stereocenters. The summed E-state index contributed by atoms with van der Waals surface area (Å²) in [5, 5.41) is 10.2. The predicted molar refractivity (Wildman–Crippen MR) is 98.4 cm³/mol. The molecule has 27 heavy (non-hydrogen) atoms. The van der Waals surface area contributed by atoms with Gasteiger partial charge >= 0.3 is 0 Å². The van der Waals surface area contributed by atoms with Crippen molar-refractivity contribution >= 4 is 0 Å². The normalized spacial score (nSPS) is 14.0. The zero-order valence-corrected chi connectivity index (χ0v) is 14.8. The van der Waals surface area contributed by atoms with E-state index in [1.54, 1.807) is 25.6 Å². The molecule has 0 saturated heterocycles. The van der Waals surface area contributed by atoms with E-state index in [1.165, 1.54) is 6.33 Å². The van der Waals surface area contributed by atoms with Gasteiger partial charge in [0.15, 0.2) is 0 Å². The number of aromatic amines is 1. The quantitative estimate of drug-likeness (QED) is 0.722. The summed E-state index contributed by atoms with van der Waals surface area (Å²) < 4.78 is 5.12. The zero-order valence-electron chi connectivity index (χ0n) is 14.8. The third-order valence-corrected chi connectivity index (χ3v) is 4.67. The van der Waals surface area contributed by atoms with Crippen molar-refractivity contribution in [3.63, 3.8) is 0 Å². The van der Waals surface area contributed by atoms with Crippen molar-refractivity contribution in [3.8, 4) is 22.9 Å². The van der Waals surface area contributed by atoms with E-state index >= 15 is 0 Å². The molecule has 2 N–H and O–H groups in total. The van der Waals surface area contributed by atoms with Gasteiger partial charge in [0, 0.05) is 49.2 Å². The molecule has 0 spiro atoms. The van der Waals surface area contributed by atoms with Gasteiger partial charge in [0.25, 0.3) is 5.56 Å². The van der Waals surface area contributed by atoms with Gasteiger partial charge in [-0.05, 0) is 12.5 Å². The van der Waals surface area contributed by atoms with Crippen LogP contribution >= 0.6 is 0 Å². The van der Waals surface area contributed by atoms with Crippen LogP contribution < -0.4 is 10.3 Å². The van der Waals surface area contributed by atoms with Crippen molar-refractivity contribution in [3.05, 3.63) is 64.1 Å². The summed E-state index contributed by atoms with van der Waals surface area (Å²) in [5.41, 5.74) is 2.82. The van der Waals surface area contributed by atoms with Crippen molar-refractivity contribution in [1.29, 1.82) is 0 Å². The molecule has 138 valence electrons. The number of hydrogen-bond donors (Lipinski definition) is 2. The molecule has 0 fully saturated rings. The van der Waals surface area contributed by atoms with Gasteiger partial charge in [0.2, 0.25) is 0 Å². The largest absolute Gasteiger partial charge is 0.507 e. The molecule has 0 bridgehead atoms. The Hall–Kier alpha value is -3.26. The van der Waals surface area contributed by atoms with Crippen molar-refractivity contribution in [2.45, 2.75) is 19.5 Å². The molecule has 1 aliphatic heterocycles. The maximum Gasteiger partial charge on any atom is 0.254 e. The number of nitrogens with one attached hydrogen (secondary N) is 1. The molecule has 0 amide bonds. The van der Waals surface area contributed by atoms with Gasteiger partial charge in [-0.3, -0.25) is 9.69 Å². The van der Waals surface area contributed by atoms with Gasteiger partial charge in [-0.2, -0.15) is 0 Å². The number of H-pyrrole nitrogens is 1. The smallest absolute Gasteiger partial charge is 0.254 e. The van der Waals surface area contributed by atoms with Gasteiger partial charge in [-0.15, -0.1) is 0 Å². The highest BCUT2D eigenvalue weighted by molar-refractivity contribution is 5.52. The van der Waals surface area contributed by atoms with Crippen LogP contribution in [0.2, 0.25) is 0 Å². The second kappa shape index (κ2) is 7.16. The molecule has 8 nitrogen and oxygen atoms in total. The number of phenols is 1. The highest BCUT2D eigenvalue weighted by Crippen LogP contribution is 2.26. The maximum absolute atomic E-state index is 12.4. The fourth-order valence-corrected chi connectivity index (χ4v) is 3.23. The zero-order chi connectivity index (χ0) is 18.8. The van der Waals surface area contributed by atoms with Crippen LogP contribution in [-0.2, 0) is 19.5 Å². The molecular formula is C19H19N5O3. The topological polar surface area (TPSA) is 104 Å². The average Bonchev–Trinajstić information content (AvgIpc) is 2.70. The lowest BCUT2D eigenvalue weighted by molar-refractivity contribution is 0.237. The lowest BCUT2D eigenvalue weighted by atomic mass is 10.0. The Kier molecular flexibility index (Phi) is 4.55. The van der Waals surface area contributed by atoms with Gasteiger partial charge in [-0.1, -0.05) is 6.07 Å². The lowest BCUT2D eigenvalue weighted by Crippen LogP contribution is -2.35. The molecule has 4 rings (SSSR count). The standard InChI is InChI=1S/C19H19N5O3/c1-27-14-3-2-12(17(25)6-14)9-24-5-4-15-16(10-24)22-18(23-19(15)26)13-7-20-11-21-8-13/h2-3,6-8,11,25H,4-5,9-10H2,1H3,(H,22,23,26). The van der Waals surface area contributed by atoms with E-state index in [4.69, 9.17) is 4.74 Å². The molecule has 0 unspecified atom stereocenters. The second-order valence-corrected chi connectivity index (χ2v) is 6.42. The minimum Gasteiger partial charge on any atom is -0.507 e. The summed E-state index contributed by atoms with van der Waals surface area (Å²) in [6, 6.07) is 5.27. The summed E-state index contributed by atoms with van der Waals surface area (Å²) in [6.45, 7) is 1.82. The minimum atomic E-state index is -0.120. The first-order valence-electron chi connectivity index (χ1n) is 8.59. The number of ether oxygens (including phenoxy) is 1. The Morgan fingerprint density at radius 2 is 2.11 bits per heavy atom. The number of methoxy groups -OCH3 is 1. The molecule has 0 aliphatic carbocycles. The maximum atomic E-state index is 12.4. The highest BCUT2D eigenvalue weighted by Gasteiger charge is 2.22. The molecular weight excluding hydrogens is 346 g/mol. The molecule has 3 aromatic rings. The van der Waals surface area contributed by atoms with Crippen LogP contribution in [0.4, 0.5) is 0 Å². The monoisotopic (exact) mass is 365 g/mol. The van der Waals surface area contributed by atoms with Gasteiger partial charge in [0.05, 0.1) is 18.4 Å². The minimum absolute atomic E-state index is 0.120. The van der Waals surface area contributed by atoms with Crippen LogP contribution in [0, 0.1) is 0 Å². The van der Waals surface area contributed by atoms with E-state index in [2.05, 4.69) is 24.8 Å². The first kappa shape index (κ1) is 17.2. The Morgan fingerprint density at radius 3 is 2.85 bits per heavy atom. The molecule has 0 radical (unpaired) electrons. The van der Waals surface area contributed by atoms with Crippen LogP contribution in [0.1, 0.15) is 16.8 Å².